The Bertz CT molecular complexity index is 1100. The molecule has 2 aromatic carbocycles. The van der Waals surface area contributed by atoms with Crippen molar-refractivity contribution in [1.29, 1.82) is 0 Å². The minimum atomic E-state index is -4.66. The lowest BCUT2D eigenvalue weighted by atomic mass is 10.1. The molecule has 30 heavy (non-hydrogen) atoms. The minimum absolute atomic E-state index is 0.0407. The first-order valence-electron chi connectivity index (χ1n) is 9.03. The topological polar surface area (TPSA) is 45.4 Å². The number of fused-ring (bicyclic) bond motifs is 1. The molecule has 3 rings (SSSR count). The number of rotatable bonds is 7. The Morgan fingerprint density at radius 1 is 1.00 bits per heavy atom. The molecule has 1 aromatic heterocycles. The number of methoxy groups -OCH3 is 1. The Hall–Kier alpha value is -3.04. The van der Waals surface area contributed by atoms with Gasteiger partial charge in [0.1, 0.15) is 0 Å². The molecule has 0 fully saturated rings. The van der Waals surface area contributed by atoms with Crippen molar-refractivity contribution in [3.63, 3.8) is 0 Å². The summed E-state index contributed by atoms with van der Waals surface area (Å²) in [6, 6.07) is 7.59. The average molecular weight is 430 g/mol. The summed E-state index contributed by atoms with van der Waals surface area (Å²) >= 11 is 0. The van der Waals surface area contributed by atoms with Gasteiger partial charge in [-0.1, -0.05) is 6.07 Å². The van der Waals surface area contributed by atoms with E-state index in [1.165, 1.54) is 7.11 Å². The van der Waals surface area contributed by atoms with Crippen LogP contribution in [0.5, 0.6) is 11.5 Å². The number of benzene rings is 2. The predicted octanol–water partition coefficient (Wildman–Crippen LogP) is 4.54. The second-order valence-electron chi connectivity index (χ2n) is 6.49. The SMILES string of the molecule is CCOc1cc(Cn2c(=O)n(CC(F)F)c3cc(C(F)(F)F)ccc32)ccc1OC. The Morgan fingerprint density at radius 3 is 2.33 bits per heavy atom. The molecule has 0 saturated carbocycles. The van der Waals surface area contributed by atoms with Crippen molar-refractivity contribution >= 4 is 11.0 Å². The Morgan fingerprint density at radius 2 is 1.73 bits per heavy atom. The van der Waals surface area contributed by atoms with Crippen LogP contribution in [0, 0.1) is 0 Å². The van der Waals surface area contributed by atoms with Crippen molar-refractivity contribution in [3.05, 3.63) is 58.0 Å². The number of alkyl halides is 5. The van der Waals surface area contributed by atoms with Gasteiger partial charge in [-0.3, -0.25) is 9.13 Å². The van der Waals surface area contributed by atoms with Gasteiger partial charge < -0.3 is 9.47 Å². The zero-order chi connectivity index (χ0) is 22.1. The maximum absolute atomic E-state index is 13.1. The van der Waals surface area contributed by atoms with E-state index in [9.17, 15) is 26.7 Å². The minimum Gasteiger partial charge on any atom is -0.493 e. The van der Waals surface area contributed by atoms with E-state index in [1.54, 1.807) is 25.1 Å². The normalized spacial score (nSPS) is 12.0. The van der Waals surface area contributed by atoms with Crippen LogP contribution in [0.15, 0.2) is 41.2 Å². The molecular formula is C20H19F5N2O3. The highest BCUT2D eigenvalue weighted by Crippen LogP contribution is 2.32. The van der Waals surface area contributed by atoms with Crippen LogP contribution >= 0.6 is 0 Å². The number of aromatic nitrogens is 2. The molecule has 10 heteroatoms. The van der Waals surface area contributed by atoms with E-state index in [4.69, 9.17) is 9.47 Å². The zero-order valence-electron chi connectivity index (χ0n) is 16.2. The molecule has 0 spiro atoms. The van der Waals surface area contributed by atoms with Gasteiger partial charge in [-0.05, 0) is 42.8 Å². The number of imidazole rings is 1. The number of ether oxygens (including phenoxy) is 2. The molecule has 0 unspecified atom stereocenters. The summed E-state index contributed by atoms with van der Waals surface area (Å²) in [7, 11) is 1.47. The zero-order valence-corrected chi connectivity index (χ0v) is 16.2. The molecule has 0 saturated heterocycles. The summed E-state index contributed by atoms with van der Waals surface area (Å²) < 4.78 is 77.8. The van der Waals surface area contributed by atoms with Gasteiger partial charge in [0, 0.05) is 0 Å². The monoisotopic (exact) mass is 430 g/mol. The van der Waals surface area contributed by atoms with Gasteiger partial charge in [-0.15, -0.1) is 0 Å². The Kier molecular flexibility index (Phi) is 6.04. The highest BCUT2D eigenvalue weighted by molar-refractivity contribution is 5.77. The lowest BCUT2D eigenvalue weighted by Crippen LogP contribution is -2.26. The van der Waals surface area contributed by atoms with Gasteiger partial charge in [0.05, 0.1) is 43.4 Å². The first-order chi connectivity index (χ1) is 14.2. The van der Waals surface area contributed by atoms with Crippen LogP contribution in [-0.4, -0.2) is 29.3 Å². The number of hydrogen-bond donors (Lipinski definition) is 0. The van der Waals surface area contributed by atoms with E-state index in [0.717, 1.165) is 22.8 Å². The third-order valence-electron chi connectivity index (χ3n) is 4.54. The fraction of sp³-hybridized carbons (Fsp3) is 0.350. The van der Waals surface area contributed by atoms with Gasteiger partial charge >= 0.3 is 11.9 Å². The van der Waals surface area contributed by atoms with Gasteiger partial charge in [-0.25, -0.2) is 13.6 Å². The highest BCUT2D eigenvalue weighted by Gasteiger charge is 2.31. The van der Waals surface area contributed by atoms with Crippen molar-refractivity contribution in [1.82, 2.24) is 9.13 Å². The second kappa shape index (κ2) is 8.37. The quantitative estimate of drug-likeness (QED) is 0.517. The lowest BCUT2D eigenvalue weighted by molar-refractivity contribution is -0.137. The highest BCUT2D eigenvalue weighted by atomic mass is 19.4. The summed E-state index contributed by atoms with van der Waals surface area (Å²) in [4.78, 5) is 12.8. The largest absolute Gasteiger partial charge is 0.493 e. The summed E-state index contributed by atoms with van der Waals surface area (Å²) in [5, 5.41) is 0. The summed E-state index contributed by atoms with van der Waals surface area (Å²) in [5.74, 6) is 0.907. The van der Waals surface area contributed by atoms with Gasteiger partial charge in [0.15, 0.2) is 11.5 Å². The molecule has 1 heterocycles. The summed E-state index contributed by atoms with van der Waals surface area (Å²) in [5.41, 5.74) is -1.31. The second-order valence-corrected chi connectivity index (χ2v) is 6.49. The number of halogens is 5. The van der Waals surface area contributed by atoms with Gasteiger partial charge in [0.25, 0.3) is 6.43 Å². The van der Waals surface area contributed by atoms with Crippen molar-refractivity contribution in [2.24, 2.45) is 0 Å². The molecule has 0 atom stereocenters. The Balaban J connectivity index is 2.13. The van der Waals surface area contributed by atoms with Crippen LogP contribution in [-0.2, 0) is 19.3 Å². The third kappa shape index (κ3) is 4.27. The standard InChI is InChI=1S/C20H19F5N2O3/c1-3-30-17-8-12(4-7-16(17)29-2)10-26-14-6-5-13(20(23,24)25)9-15(14)27(19(26)28)11-18(21)22/h4-9,18H,3,10-11H2,1-2H3. The maximum Gasteiger partial charge on any atom is 0.416 e. The molecule has 162 valence electrons. The molecule has 5 nitrogen and oxygen atoms in total. The predicted molar refractivity (Wildman–Crippen MR) is 100 cm³/mol. The molecule has 0 amide bonds. The van der Waals surface area contributed by atoms with Crippen molar-refractivity contribution in [2.75, 3.05) is 13.7 Å². The summed E-state index contributed by atoms with van der Waals surface area (Å²) in [6.45, 7) is 1.11. The van der Waals surface area contributed by atoms with Crippen LogP contribution in [0.3, 0.4) is 0 Å². The fourth-order valence-corrected chi connectivity index (χ4v) is 3.23. The molecule has 0 aliphatic heterocycles. The van der Waals surface area contributed by atoms with Gasteiger partial charge in [0.2, 0.25) is 0 Å². The third-order valence-corrected chi connectivity index (χ3v) is 4.54. The van der Waals surface area contributed by atoms with Crippen LogP contribution in [0.4, 0.5) is 22.0 Å². The average Bonchev–Trinajstić information content (AvgIpc) is 2.93. The van der Waals surface area contributed by atoms with Crippen LogP contribution in [0.2, 0.25) is 0 Å². The van der Waals surface area contributed by atoms with E-state index < -0.39 is 30.4 Å². The van der Waals surface area contributed by atoms with E-state index in [0.29, 0.717) is 28.2 Å². The molecule has 0 radical (unpaired) electrons. The van der Waals surface area contributed by atoms with Crippen molar-refractivity contribution in [3.8, 4) is 11.5 Å². The van der Waals surface area contributed by atoms with Crippen LogP contribution < -0.4 is 15.2 Å². The molecule has 3 aromatic rings. The first kappa shape index (κ1) is 21.7. The number of nitrogens with zero attached hydrogens (tertiary/aromatic N) is 2. The fourth-order valence-electron chi connectivity index (χ4n) is 3.23. The molecule has 0 bridgehead atoms. The smallest absolute Gasteiger partial charge is 0.416 e. The van der Waals surface area contributed by atoms with Crippen molar-refractivity contribution < 1.29 is 31.4 Å². The van der Waals surface area contributed by atoms with Crippen LogP contribution in [0.25, 0.3) is 11.0 Å². The molecular weight excluding hydrogens is 411 g/mol. The van der Waals surface area contributed by atoms with E-state index in [2.05, 4.69) is 0 Å². The Labute approximate surface area is 168 Å². The molecule has 0 aliphatic carbocycles. The lowest BCUT2D eigenvalue weighted by Gasteiger charge is -2.12. The van der Waals surface area contributed by atoms with Crippen molar-refractivity contribution in [2.45, 2.75) is 32.6 Å². The molecule has 0 N–H and O–H groups in total. The van der Waals surface area contributed by atoms with E-state index in [1.807, 2.05) is 0 Å². The number of hydrogen-bond acceptors (Lipinski definition) is 3. The van der Waals surface area contributed by atoms with Gasteiger partial charge in [-0.2, -0.15) is 13.2 Å². The van der Waals surface area contributed by atoms with E-state index in [-0.39, 0.29) is 17.6 Å². The molecule has 0 aliphatic rings. The van der Waals surface area contributed by atoms with Crippen LogP contribution in [0.1, 0.15) is 18.1 Å². The maximum atomic E-state index is 13.1. The van der Waals surface area contributed by atoms with E-state index >= 15 is 0 Å². The summed E-state index contributed by atoms with van der Waals surface area (Å²) in [6.07, 6.45) is -7.56. The first-order valence-corrected chi connectivity index (χ1v) is 9.03.